The van der Waals surface area contributed by atoms with Crippen LogP contribution in [0.15, 0.2) is 82.4 Å². The van der Waals surface area contributed by atoms with Gasteiger partial charge in [0.15, 0.2) is 11.5 Å². The first-order chi connectivity index (χ1) is 19.4. The normalized spacial score (nSPS) is 10.8. The summed E-state index contributed by atoms with van der Waals surface area (Å²) in [6.45, 7) is 2.64. The molecule has 9 nitrogen and oxygen atoms in total. The Bertz CT molecular complexity index is 1550. The number of nitrogens with one attached hydrogen (secondary N) is 2. The van der Waals surface area contributed by atoms with Crippen molar-refractivity contribution in [3.05, 3.63) is 88.4 Å². The average Bonchev–Trinajstić information content (AvgIpc) is 2.97. The molecule has 40 heavy (non-hydrogen) atoms. The maximum atomic E-state index is 12.4. The summed E-state index contributed by atoms with van der Waals surface area (Å²) < 4.78 is 23.0. The van der Waals surface area contributed by atoms with Crippen molar-refractivity contribution in [2.75, 3.05) is 26.1 Å². The molecule has 2 amide bonds. The summed E-state index contributed by atoms with van der Waals surface area (Å²) in [5.74, 6) is 0.0896. The number of benzene rings is 4. The van der Waals surface area contributed by atoms with Crippen LogP contribution in [0.2, 0.25) is 0 Å². The van der Waals surface area contributed by atoms with Gasteiger partial charge < -0.3 is 24.3 Å². The molecule has 0 heterocycles. The molecule has 4 rings (SSSR count). The molecular weight excluding hydrogens is 578 g/mol. The third-order valence-electron chi connectivity index (χ3n) is 5.83. The van der Waals surface area contributed by atoms with Crippen LogP contribution in [0.25, 0.3) is 10.8 Å². The van der Waals surface area contributed by atoms with E-state index in [0.717, 1.165) is 16.3 Å². The first-order valence-electron chi connectivity index (χ1n) is 12.4. The molecule has 0 saturated carbocycles. The van der Waals surface area contributed by atoms with E-state index in [1.807, 2.05) is 31.2 Å². The summed E-state index contributed by atoms with van der Waals surface area (Å²) >= 11 is 3.56. The van der Waals surface area contributed by atoms with E-state index in [1.165, 1.54) is 20.4 Å². The molecule has 0 aliphatic rings. The number of nitrogens with zero attached hydrogens (tertiary/aromatic N) is 1. The van der Waals surface area contributed by atoms with E-state index in [4.69, 9.17) is 18.9 Å². The number of fused-ring (bicyclic) bond motifs is 1. The van der Waals surface area contributed by atoms with Gasteiger partial charge >= 0.3 is 11.8 Å². The topological polar surface area (TPSA) is 107 Å². The smallest absolute Gasteiger partial charge is 0.329 e. The number of hydrogen-bond acceptors (Lipinski definition) is 7. The Balaban J connectivity index is 1.43. The van der Waals surface area contributed by atoms with E-state index in [2.05, 4.69) is 50.0 Å². The minimum absolute atomic E-state index is 0.316. The molecule has 0 aliphatic carbocycles. The number of hydrogen-bond donors (Lipinski definition) is 2. The summed E-state index contributed by atoms with van der Waals surface area (Å²) in [4.78, 5) is 24.7. The van der Waals surface area contributed by atoms with E-state index in [9.17, 15) is 9.59 Å². The lowest BCUT2D eigenvalue weighted by Gasteiger charge is -2.15. The van der Waals surface area contributed by atoms with E-state index < -0.39 is 11.8 Å². The Hall–Kier alpha value is -4.57. The van der Waals surface area contributed by atoms with Gasteiger partial charge in [0.05, 0.1) is 37.2 Å². The zero-order valence-corrected chi connectivity index (χ0v) is 23.8. The second-order valence-corrected chi connectivity index (χ2v) is 9.26. The summed E-state index contributed by atoms with van der Waals surface area (Å²) in [6, 6.07) is 22.5. The summed E-state index contributed by atoms with van der Waals surface area (Å²) in [7, 11) is 2.96. The van der Waals surface area contributed by atoms with Crippen molar-refractivity contribution >= 4 is 50.4 Å². The minimum Gasteiger partial charge on any atom is -0.497 e. The van der Waals surface area contributed by atoms with Gasteiger partial charge in [-0.15, -0.1) is 0 Å². The Morgan fingerprint density at radius 2 is 1.70 bits per heavy atom. The predicted octanol–water partition coefficient (Wildman–Crippen LogP) is 5.69. The molecule has 0 fully saturated rings. The second kappa shape index (κ2) is 13.5. The minimum atomic E-state index is -0.951. The highest BCUT2D eigenvalue weighted by Gasteiger charge is 2.17. The third-order valence-corrected chi connectivity index (χ3v) is 6.42. The van der Waals surface area contributed by atoms with Gasteiger partial charge in [0, 0.05) is 6.07 Å². The highest BCUT2D eigenvalue weighted by atomic mass is 79.9. The number of ether oxygens (including phenoxy) is 4. The monoisotopic (exact) mass is 605 g/mol. The SMILES string of the molecule is CCOc1cc(C=NNC(=O)C(=O)Nc2ccc(OC)cc2OC)cc(Br)c1OCc1cccc2ccccc12. The molecule has 0 bridgehead atoms. The van der Waals surface area contributed by atoms with Crippen molar-refractivity contribution in [1.82, 2.24) is 5.43 Å². The van der Waals surface area contributed by atoms with Crippen LogP contribution < -0.4 is 29.7 Å². The third kappa shape index (κ3) is 6.89. The highest BCUT2D eigenvalue weighted by molar-refractivity contribution is 9.10. The Morgan fingerprint density at radius 3 is 2.48 bits per heavy atom. The molecule has 0 spiro atoms. The molecule has 4 aromatic carbocycles. The van der Waals surface area contributed by atoms with E-state index >= 15 is 0 Å². The van der Waals surface area contributed by atoms with Gasteiger partial charge in [0.2, 0.25) is 0 Å². The van der Waals surface area contributed by atoms with Crippen LogP contribution in [0.3, 0.4) is 0 Å². The standard InChI is InChI=1S/C30H28BrN3O6/c1-4-39-27-15-19(14-24(31)28(27)40-18-21-10-7-9-20-8-5-6-11-23(20)21)17-32-34-30(36)29(35)33-25-13-12-22(37-2)16-26(25)38-3/h5-17H,4,18H2,1-3H3,(H,33,35)(H,34,36). The molecule has 2 N–H and O–H groups in total. The molecule has 0 radical (unpaired) electrons. The van der Waals surface area contributed by atoms with Gasteiger partial charge in [-0.1, -0.05) is 42.5 Å². The number of anilines is 1. The van der Waals surface area contributed by atoms with E-state index in [1.54, 1.807) is 30.3 Å². The van der Waals surface area contributed by atoms with Gasteiger partial charge in [-0.2, -0.15) is 5.10 Å². The van der Waals surface area contributed by atoms with Crippen molar-refractivity contribution < 1.29 is 28.5 Å². The summed E-state index contributed by atoms with van der Waals surface area (Å²) in [5.41, 5.74) is 4.21. The lowest BCUT2D eigenvalue weighted by molar-refractivity contribution is -0.136. The number of carbonyl (C=O) groups is 2. The van der Waals surface area contributed by atoms with Crippen LogP contribution in [0.5, 0.6) is 23.0 Å². The highest BCUT2D eigenvalue weighted by Crippen LogP contribution is 2.37. The Labute approximate surface area is 240 Å². The number of hydrazone groups is 1. The van der Waals surface area contributed by atoms with Crippen molar-refractivity contribution in [1.29, 1.82) is 0 Å². The van der Waals surface area contributed by atoms with Crippen LogP contribution in [0, 0.1) is 0 Å². The second-order valence-electron chi connectivity index (χ2n) is 8.41. The van der Waals surface area contributed by atoms with Crippen LogP contribution in [-0.2, 0) is 16.2 Å². The Morgan fingerprint density at radius 1 is 0.900 bits per heavy atom. The van der Waals surface area contributed by atoms with Crippen molar-refractivity contribution in [3.8, 4) is 23.0 Å². The molecule has 4 aromatic rings. The summed E-state index contributed by atoms with van der Waals surface area (Å²) in [6.07, 6.45) is 1.40. The van der Waals surface area contributed by atoms with Gasteiger partial charge in [-0.25, -0.2) is 5.43 Å². The number of halogens is 1. The molecule has 206 valence electrons. The molecule has 0 aliphatic heterocycles. The van der Waals surface area contributed by atoms with Crippen molar-refractivity contribution in [2.24, 2.45) is 5.10 Å². The first-order valence-corrected chi connectivity index (χ1v) is 13.1. The average molecular weight is 606 g/mol. The van der Waals surface area contributed by atoms with Crippen LogP contribution in [0.4, 0.5) is 5.69 Å². The molecule has 10 heteroatoms. The van der Waals surface area contributed by atoms with E-state index in [-0.39, 0.29) is 0 Å². The maximum absolute atomic E-state index is 12.4. The maximum Gasteiger partial charge on any atom is 0.329 e. The number of carbonyl (C=O) groups excluding carboxylic acids is 2. The van der Waals surface area contributed by atoms with Crippen molar-refractivity contribution in [3.63, 3.8) is 0 Å². The number of rotatable bonds is 10. The molecule has 0 saturated heterocycles. The van der Waals surface area contributed by atoms with Crippen LogP contribution in [0.1, 0.15) is 18.1 Å². The number of amides is 2. The first kappa shape index (κ1) is 28.4. The van der Waals surface area contributed by atoms with Crippen LogP contribution in [-0.4, -0.2) is 38.9 Å². The fourth-order valence-electron chi connectivity index (χ4n) is 3.93. The fraction of sp³-hybridized carbons (Fsp3) is 0.167. The lowest BCUT2D eigenvalue weighted by atomic mass is 10.1. The lowest BCUT2D eigenvalue weighted by Crippen LogP contribution is -2.32. The van der Waals surface area contributed by atoms with Gasteiger partial charge in [-0.3, -0.25) is 9.59 Å². The van der Waals surface area contributed by atoms with Gasteiger partial charge in [0.25, 0.3) is 0 Å². The molecule has 0 atom stereocenters. The zero-order chi connectivity index (χ0) is 28.5. The predicted molar refractivity (Wildman–Crippen MR) is 158 cm³/mol. The largest absolute Gasteiger partial charge is 0.497 e. The van der Waals surface area contributed by atoms with Crippen molar-refractivity contribution in [2.45, 2.75) is 13.5 Å². The summed E-state index contributed by atoms with van der Waals surface area (Å²) in [5, 5.41) is 8.67. The fourth-order valence-corrected chi connectivity index (χ4v) is 4.51. The molecule has 0 aromatic heterocycles. The quantitative estimate of drug-likeness (QED) is 0.137. The van der Waals surface area contributed by atoms with Gasteiger partial charge in [-0.05, 0) is 69.0 Å². The molecule has 0 unspecified atom stereocenters. The Kier molecular flexibility index (Phi) is 9.58. The molecular formula is C30H28BrN3O6. The van der Waals surface area contributed by atoms with Crippen LogP contribution >= 0.6 is 15.9 Å². The van der Waals surface area contributed by atoms with E-state index in [0.29, 0.717) is 51.9 Å². The van der Waals surface area contributed by atoms with Gasteiger partial charge in [0.1, 0.15) is 18.1 Å². The number of methoxy groups -OCH3 is 2. The zero-order valence-electron chi connectivity index (χ0n) is 22.2.